The summed E-state index contributed by atoms with van der Waals surface area (Å²) in [4.78, 5) is 13.0. The maximum atomic E-state index is 13.5. The Morgan fingerprint density at radius 2 is 1.64 bits per heavy atom. The SMILES string of the molecule is CCN(c1ccccc1)S(=O)(=O)c1cc(C(=O)Nc2ccn(-c3ccccc3)n2)ccc1C. The van der Waals surface area contributed by atoms with Crippen LogP contribution < -0.4 is 9.62 Å². The average Bonchev–Trinajstić information content (AvgIpc) is 3.29. The molecule has 0 atom stereocenters. The van der Waals surface area contributed by atoms with Crippen LogP contribution in [0.15, 0.2) is 96.0 Å². The van der Waals surface area contributed by atoms with Gasteiger partial charge in [-0.25, -0.2) is 13.1 Å². The molecule has 1 N–H and O–H groups in total. The van der Waals surface area contributed by atoms with Crippen LogP contribution in [0.5, 0.6) is 0 Å². The molecule has 0 fully saturated rings. The average molecular weight is 461 g/mol. The number of nitrogens with zero attached hydrogens (tertiary/aromatic N) is 3. The predicted octanol–water partition coefficient (Wildman–Crippen LogP) is 4.65. The Hall–Kier alpha value is -3.91. The Bertz CT molecular complexity index is 1370. The lowest BCUT2D eigenvalue weighted by Gasteiger charge is -2.24. The molecule has 1 amide bonds. The number of anilines is 2. The summed E-state index contributed by atoms with van der Waals surface area (Å²) in [6.45, 7) is 3.76. The molecular formula is C25H24N4O3S. The van der Waals surface area contributed by atoms with Crippen molar-refractivity contribution in [3.63, 3.8) is 0 Å². The quantitative estimate of drug-likeness (QED) is 0.435. The predicted molar refractivity (Wildman–Crippen MR) is 129 cm³/mol. The van der Waals surface area contributed by atoms with Crippen molar-refractivity contribution in [1.82, 2.24) is 9.78 Å². The van der Waals surface area contributed by atoms with Crippen LogP contribution in [0.25, 0.3) is 5.69 Å². The molecule has 168 valence electrons. The summed E-state index contributed by atoms with van der Waals surface area (Å²) in [6.07, 6.45) is 1.75. The smallest absolute Gasteiger partial charge is 0.264 e. The fraction of sp³-hybridized carbons (Fsp3) is 0.120. The molecule has 8 heteroatoms. The summed E-state index contributed by atoms with van der Waals surface area (Å²) in [5, 5.41) is 7.12. The number of benzene rings is 3. The van der Waals surface area contributed by atoms with Crippen molar-refractivity contribution >= 4 is 27.4 Å². The van der Waals surface area contributed by atoms with E-state index in [-0.39, 0.29) is 17.0 Å². The Morgan fingerprint density at radius 1 is 0.970 bits per heavy atom. The van der Waals surface area contributed by atoms with Crippen LogP contribution in [0.4, 0.5) is 11.5 Å². The molecule has 4 rings (SSSR count). The zero-order valence-electron chi connectivity index (χ0n) is 18.3. The number of sulfonamides is 1. The van der Waals surface area contributed by atoms with Crippen LogP contribution in [0.1, 0.15) is 22.8 Å². The highest BCUT2D eigenvalue weighted by Crippen LogP contribution is 2.26. The van der Waals surface area contributed by atoms with Crippen molar-refractivity contribution in [2.24, 2.45) is 0 Å². The van der Waals surface area contributed by atoms with Crippen LogP contribution in [-0.2, 0) is 10.0 Å². The first-order valence-electron chi connectivity index (χ1n) is 10.5. The third-order valence-corrected chi connectivity index (χ3v) is 7.25. The summed E-state index contributed by atoms with van der Waals surface area (Å²) in [5.41, 5.74) is 2.23. The van der Waals surface area contributed by atoms with Crippen LogP contribution in [0.2, 0.25) is 0 Å². The standard InChI is InChI=1S/C25H24N4O3S/c1-3-29(22-12-8-5-9-13-22)33(31,32)23-18-20(15-14-19(23)2)25(30)26-24-16-17-28(27-24)21-10-6-4-7-11-21/h4-18H,3H2,1-2H3,(H,26,27,30). The molecule has 0 radical (unpaired) electrons. The number of aromatic nitrogens is 2. The number of amides is 1. The molecular weight excluding hydrogens is 436 g/mol. The summed E-state index contributed by atoms with van der Waals surface area (Å²) in [5.74, 6) is -0.0687. The first kappa shape index (κ1) is 22.3. The van der Waals surface area contributed by atoms with Gasteiger partial charge in [0.2, 0.25) is 0 Å². The van der Waals surface area contributed by atoms with Gasteiger partial charge in [-0.2, -0.15) is 5.10 Å². The molecule has 0 bridgehead atoms. The topological polar surface area (TPSA) is 84.3 Å². The number of carbonyl (C=O) groups excluding carboxylic acids is 1. The Balaban J connectivity index is 1.61. The van der Waals surface area contributed by atoms with E-state index in [4.69, 9.17) is 0 Å². The fourth-order valence-corrected chi connectivity index (χ4v) is 5.25. The van der Waals surface area contributed by atoms with E-state index < -0.39 is 15.9 Å². The first-order valence-corrected chi connectivity index (χ1v) is 11.9. The summed E-state index contributed by atoms with van der Waals surface area (Å²) < 4.78 is 29.9. The molecule has 1 aromatic heterocycles. The van der Waals surface area contributed by atoms with E-state index >= 15 is 0 Å². The Morgan fingerprint density at radius 3 is 2.30 bits per heavy atom. The molecule has 0 aliphatic heterocycles. The van der Waals surface area contributed by atoms with Gasteiger partial charge in [0.05, 0.1) is 16.3 Å². The number of aryl methyl sites for hydroxylation is 1. The number of nitrogens with one attached hydrogen (secondary N) is 1. The monoisotopic (exact) mass is 460 g/mol. The van der Waals surface area contributed by atoms with E-state index in [1.165, 1.54) is 10.4 Å². The lowest BCUT2D eigenvalue weighted by molar-refractivity contribution is 0.102. The summed E-state index contributed by atoms with van der Waals surface area (Å²) in [6, 6.07) is 24.8. The molecule has 0 spiro atoms. The number of hydrogen-bond acceptors (Lipinski definition) is 4. The Labute approximate surface area is 193 Å². The van der Waals surface area contributed by atoms with Crippen LogP contribution in [0, 0.1) is 6.92 Å². The molecule has 1 heterocycles. The van der Waals surface area contributed by atoms with E-state index in [0.29, 0.717) is 17.1 Å². The van der Waals surface area contributed by atoms with Gasteiger partial charge in [0.25, 0.3) is 15.9 Å². The number of carbonyl (C=O) groups is 1. The normalized spacial score (nSPS) is 11.2. The van der Waals surface area contributed by atoms with Crippen molar-refractivity contribution in [2.45, 2.75) is 18.7 Å². The fourth-order valence-electron chi connectivity index (χ4n) is 3.53. The van der Waals surface area contributed by atoms with Gasteiger partial charge in [-0.15, -0.1) is 0 Å². The van der Waals surface area contributed by atoms with Gasteiger partial charge in [0.15, 0.2) is 5.82 Å². The highest BCUT2D eigenvalue weighted by Gasteiger charge is 2.26. The lowest BCUT2D eigenvalue weighted by atomic mass is 10.1. The van der Waals surface area contributed by atoms with Gasteiger partial charge >= 0.3 is 0 Å². The van der Waals surface area contributed by atoms with Crippen molar-refractivity contribution in [2.75, 3.05) is 16.2 Å². The van der Waals surface area contributed by atoms with Crippen molar-refractivity contribution < 1.29 is 13.2 Å². The zero-order valence-corrected chi connectivity index (χ0v) is 19.2. The lowest BCUT2D eigenvalue weighted by Crippen LogP contribution is -2.31. The number of para-hydroxylation sites is 2. The molecule has 33 heavy (non-hydrogen) atoms. The molecule has 0 aliphatic rings. The number of hydrogen-bond donors (Lipinski definition) is 1. The minimum Gasteiger partial charge on any atom is -0.305 e. The highest BCUT2D eigenvalue weighted by atomic mass is 32.2. The molecule has 0 unspecified atom stereocenters. The van der Waals surface area contributed by atoms with Gasteiger partial charge in [0, 0.05) is 24.4 Å². The molecule has 0 saturated carbocycles. The van der Waals surface area contributed by atoms with Gasteiger partial charge in [-0.3, -0.25) is 9.10 Å². The summed E-state index contributed by atoms with van der Waals surface area (Å²) >= 11 is 0. The largest absolute Gasteiger partial charge is 0.305 e. The van der Waals surface area contributed by atoms with E-state index in [0.717, 1.165) is 5.69 Å². The molecule has 0 aliphatic carbocycles. The maximum Gasteiger partial charge on any atom is 0.264 e. The molecule has 7 nitrogen and oxygen atoms in total. The van der Waals surface area contributed by atoms with E-state index in [9.17, 15) is 13.2 Å². The van der Waals surface area contributed by atoms with Crippen molar-refractivity contribution in [3.05, 3.63) is 102 Å². The maximum absolute atomic E-state index is 13.5. The second kappa shape index (κ2) is 9.30. The van der Waals surface area contributed by atoms with Crippen LogP contribution in [0.3, 0.4) is 0 Å². The van der Waals surface area contributed by atoms with Gasteiger partial charge in [0.1, 0.15) is 0 Å². The third kappa shape index (κ3) is 4.65. The first-order chi connectivity index (χ1) is 15.9. The van der Waals surface area contributed by atoms with E-state index in [1.54, 1.807) is 67.2 Å². The summed E-state index contributed by atoms with van der Waals surface area (Å²) in [7, 11) is -3.86. The number of rotatable bonds is 7. The molecule has 0 saturated heterocycles. The zero-order chi connectivity index (χ0) is 23.4. The minimum absolute atomic E-state index is 0.0932. The van der Waals surface area contributed by atoms with Crippen LogP contribution >= 0.6 is 0 Å². The van der Waals surface area contributed by atoms with Gasteiger partial charge in [-0.1, -0.05) is 42.5 Å². The third-order valence-electron chi connectivity index (χ3n) is 5.20. The van der Waals surface area contributed by atoms with Crippen LogP contribution in [-0.4, -0.2) is 30.7 Å². The van der Waals surface area contributed by atoms with E-state index in [2.05, 4.69) is 10.4 Å². The van der Waals surface area contributed by atoms with Crippen molar-refractivity contribution in [3.8, 4) is 5.69 Å². The van der Waals surface area contributed by atoms with Gasteiger partial charge in [-0.05, 0) is 55.8 Å². The molecule has 3 aromatic carbocycles. The second-order valence-corrected chi connectivity index (χ2v) is 9.25. The second-order valence-electron chi connectivity index (χ2n) is 7.42. The van der Waals surface area contributed by atoms with Crippen molar-refractivity contribution in [1.29, 1.82) is 0 Å². The Kier molecular flexibility index (Phi) is 6.28. The molecule has 4 aromatic rings. The minimum atomic E-state index is -3.86. The van der Waals surface area contributed by atoms with E-state index in [1.807, 2.05) is 36.4 Å². The van der Waals surface area contributed by atoms with Gasteiger partial charge < -0.3 is 5.32 Å². The highest BCUT2D eigenvalue weighted by molar-refractivity contribution is 7.92.